The van der Waals surface area contributed by atoms with Crippen LogP contribution in [-0.4, -0.2) is 167 Å². The minimum atomic E-state index is -1.82. The Hall–Kier alpha value is -6.69. The molecular weight excluding hydrogens is 1010 g/mol. The highest BCUT2D eigenvalue weighted by molar-refractivity contribution is 5.99. The van der Waals surface area contributed by atoms with Crippen molar-refractivity contribution >= 4 is 53.3 Å². The van der Waals surface area contributed by atoms with Crippen molar-refractivity contribution in [3.05, 3.63) is 71.5 Å². The van der Waals surface area contributed by atoms with E-state index in [4.69, 9.17) is 24.7 Å². The summed E-state index contributed by atoms with van der Waals surface area (Å²) < 4.78 is 22.7. The van der Waals surface area contributed by atoms with Crippen LogP contribution in [0.1, 0.15) is 107 Å². The largest absolute Gasteiger partial charge is 0.492 e. The second-order valence-corrected chi connectivity index (χ2v) is 20.5. The molecule has 1 aliphatic heterocycles. The third kappa shape index (κ3) is 19.3. The van der Waals surface area contributed by atoms with Crippen molar-refractivity contribution in [3.63, 3.8) is 0 Å². The predicted octanol–water partition coefficient (Wildman–Crippen LogP) is 0.667. The molecule has 1 aliphatic carbocycles. The Kier molecular flexibility index (Phi) is 26.1. The van der Waals surface area contributed by atoms with Crippen LogP contribution in [0.4, 0.5) is 0 Å². The number of hydrogen-bond acceptors (Lipinski definition) is 16. The molecule has 434 valence electrons. The van der Waals surface area contributed by atoms with Crippen molar-refractivity contribution in [1.29, 1.82) is 0 Å². The van der Waals surface area contributed by atoms with Crippen LogP contribution in [0, 0.1) is 17.8 Å². The Labute approximate surface area is 456 Å². The van der Waals surface area contributed by atoms with E-state index in [9.17, 15) is 53.7 Å². The molecule has 1 heterocycles. The second kappa shape index (κ2) is 31.0. The molecule has 78 heavy (non-hydrogen) atoms. The molecule has 13 atom stereocenters. The maximum Gasteiger partial charge on any atom is 0.332 e. The smallest absolute Gasteiger partial charge is 0.332 e. The van der Waals surface area contributed by atoms with Gasteiger partial charge in [0.1, 0.15) is 54.6 Å². The maximum absolute atomic E-state index is 15.3. The number of unbranched alkanes of at least 4 members (excludes halogenated alkanes) is 1. The number of cyclic esters (lactones) is 1. The number of aliphatic hydroxyl groups excluding tert-OH is 2. The van der Waals surface area contributed by atoms with E-state index >= 15 is 4.79 Å². The summed E-state index contributed by atoms with van der Waals surface area (Å²) in [5.41, 5.74) is 4.43. The fraction of sp³-hybridized carbons (Fsp3) is 0.618. The summed E-state index contributed by atoms with van der Waals surface area (Å²) in [6, 6.07) is -1.30. The van der Waals surface area contributed by atoms with E-state index < -0.39 is 144 Å². The maximum atomic E-state index is 15.3. The number of aliphatic hydroxyl groups is 3. The third-order valence-corrected chi connectivity index (χ3v) is 13.9. The van der Waals surface area contributed by atoms with E-state index in [1.807, 2.05) is 6.92 Å². The second-order valence-electron chi connectivity index (χ2n) is 20.5. The molecule has 10 N–H and O–H groups in total. The molecule has 1 saturated heterocycles. The monoisotopic (exact) mass is 1100 g/mol. The standard InChI is InChI=1S/C55H83N7O16/c1-12-14-26-75-29-55(74,25-24-42(56)65)35(9)78-39-22-20-38(21-23-39)46-53(72)62(11)41(27-37-18-16-15-17-19-37)49(68)59-44(33(7)63)51(70)57-40(28-76-36(10)64)54(73)77-34(8)45(60-48(67)32(6)47(66)30(3)4)52(71)58-43(31(5)13-2)50(69)61-46/h15-20,22,24-25,30-35,40-41,43-47,63,66,74H,12-14,21,23,26-29H2,1-11H3,(H2,56,65)(H,57,70)(H,58,71)(H,59,68)(H,60,67)(H,61,69)/b25-24+/t31-,32+,33+,34+,35+,40-,41-,43+,44+,45-,46-,47+,55-/m0/s1. The number of benzene rings is 1. The zero-order valence-electron chi connectivity index (χ0n) is 46.7. The fourth-order valence-electron chi connectivity index (χ4n) is 8.43. The number of primary amides is 1. The van der Waals surface area contributed by atoms with Crippen LogP contribution in [0.25, 0.3) is 0 Å². The number of carbonyl (C=O) groups is 9. The van der Waals surface area contributed by atoms with Crippen LogP contribution in [0.15, 0.2) is 66.0 Å². The van der Waals surface area contributed by atoms with Crippen molar-refractivity contribution in [2.45, 2.75) is 174 Å². The lowest BCUT2D eigenvalue weighted by Gasteiger charge is -2.35. The Morgan fingerprint density at radius 1 is 0.897 bits per heavy atom. The van der Waals surface area contributed by atoms with Gasteiger partial charge in [-0.05, 0) is 68.7 Å². The quantitative estimate of drug-likeness (QED) is 0.0438. The van der Waals surface area contributed by atoms with E-state index in [-0.39, 0.29) is 32.3 Å². The van der Waals surface area contributed by atoms with Gasteiger partial charge in [-0.15, -0.1) is 0 Å². The van der Waals surface area contributed by atoms with Gasteiger partial charge in [-0.2, -0.15) is 0 Å². The summed E-state index contributed by atoms with van der Waals surface area (Å²) >= 11 is 0. The van der Waals surface area contributed by atoms with Crippen LogP contribution >= 0.6 is 0 Å². The number of carbonyl (C=O) groups excluding carboxylic acids is 9. The van der Waals surface area contributed by atoms with Crippen LogP contribution in [0.5, 0.6) is 0 Å². The SMILES string of the molecule is CCCCOC[C@@](O)(/C=C/C(N)=O)[C@@H](C)OC1=CC=C([C@@H]2NC(=O)[C@@H]([C@@H](C)CC)NC(=O)[C@@H](NC(=O)[C@H](C)[C@H](O)C(C)C)[C@@H](C)OC(=O)[C@H](COC(C)=O)NC(=O)[C@@H]([C@@H](C)O)NC(=O)[C@H](Cc3ccccc3)N(C)C2=O)CC1. The lowest BCUT2D eigenvalue weighted by Crippen LogP contribution is -2.62. The molecule has 1 fully saturated rings. The Morgan fingerprint density at radius 2 is 1.54 bits per heavy atom. The Bertz CT molecular complexity index is 2340. The topological polar surface area (TPSA) is 341 Å². The molecule has 0 bridgehead atoms. The van der Waals surface area contributed by atoms with E-state index in [0.29, 0.717) is 23.5 Å². The van der Waals surface area contributed by atoms with E-state index in [1.54, 1.807) is 65.0 Å². The van der Waals surface area contributed by atoms with E-state index in [2.05, 4.69) is 26.6 Å². The number of likely N-dealkylation sites (N-methyl/N-ethyl adjacent to an activating group) is 1. The minimum Gasteiger partial charge on any atom is -0.492 e. The van der Waals surface area contributed by atoms with Gasteiger partial charge in [-0.25, -0.2) is 4.79 Å². The van der Waals surface area contributed by atoms with Gasteiger partial charge >= 0.3 is 11.9 Å². The molecule has 0 aromatic heterocycles. The molecule has 1 aromatic rings. The number of nitrogens with zero attached hydrogens (tertiary/aromatic N) is 1. The minimum absolute atomic E-state index is 0.0533. The predicted molar refractivity (Wildman–Crippen MR) is 285 cm³/mol. The lowest BCUT2D eigenvalue weighted by molar-refractivity contribution is -0.160. The van der Waals surface area contributed by atoms with Gasteiger partial charge in [-0.1, -0.05) is 90.8 Å². The molecule has 0 saturated carbocycles. The molecule has 0 spiro atoms. The average molecular weight is 1100 g/mol. The molecule has 3 rings (SSSR count). The summed E-state index contributed by atoms with van der Waals surface area (Å²) in [6.07, 6.45) is 1.70. The zero-order chi connectivity index (χ0) is 58.6. The highest BCUT2D eigenvalue weighted by Crippen LogP contribution is 2.28. The van der Waals surface area contributed by atoms with Gasteiger partial charge in [0.25, 0.3) is 0 Å². The summed E-state index contributed by atoms with van der Waals surface area (Å²) in [5, 5.41) is 46.4. The highest BCUT2D eigenvalue weighted by Gasteiger charge is 2.42. The van der Waals surface area contributed by atoms with Crippen LogP contribution in [0.2, 0.25) is 0 Å². The summed E-state index contributed by atoms with van der Waals surface area (Å²) in [5.74, 6) is -10.4. The van der Waals surface area contributed by atoms with Crippen molar-refractivity contribution < 1.29 is 77.4 Å². The molecule has 23 nitrogen and oxygen atoms in total. The average Bonchev–Trinajstić information content (AvgIpc) is 3.40. The molecule has 1 aromatic carbocycles. The number of amides is 7. The molecule has 23 heteroatoms. The molecule has 2 aliphatic rings. The normalized spacial score (nSPS) is 25.1. The van der Waals surface area contributed by atoms with Gasteiger partial charge in [0, 0.05) is 39.5 Å². The fourth-order valence-corrected chi connectivity index (χ4v) is 8.43. The first-order valence-electron chi connectivity index (χ1n) is 26.5. The number of allylic oxidation sites excluding steroid dienone is 3. The van der Waals surface area contributed by atoms with E-state index in [0.717, 1.165) is 30.7 Å². The van der Waals surface area contributed by atoms with Crippen molar-refractivity contribution in [2.75, 3.05) is 26.9 Å². The number of rotatable bonds is 22. The van der Waals surface area contributed by atoms with Gasteiger partial charge in [0.2, 0.25) is 41.4 Å². The number of ether oxygens (including phenoxy) is 4. The first-order valence-corrected chi connectivity index (χ1v) is 26.5. The highest BCUT2D eigenvalue weighted by atomic mass is 16.6. The number of nitrogens with one attached hydrogen (secondary N) is 5. The van der Waals surface area contributed by atoms with Gasteiger partial charge in [-0.3, -0.25) is 38.4 Å². The first-order chi connectivity index (χ1) is 36.6. The third-order valence-electron chi connectivity index (χ3n) is 13.9. The lowest BCUT2D eigenvalue weighted by atomic mass is 9.92. The molecule has 0 unspecified atom stereocenters. The molecule has 0 radical (unpaired) electrons. The Balaban J connectivity index is 2.31. The van der Waals surface area contributed by atoms with Gasteiger partial charge in [0.05, 0.1) is 30.5 Å². The number of esters is 2. The van der Waals surface area contributed by atoms with Crippen LogP contribution < -0.4 is 32.3 Å². The summed E-state index contributed by atoms with van der Waals surface area (Å²) in [7, 11) is 1.32. The van der Waals surface area contributed by atoms with Crippen molar-refractivity contribution in [1.82, 2.24) is 31.5 Å². The molecular formula is C55H83N7O16. The number of hydrogen-bond donors (Lipinski definition) is 9. The van der Waals surface area contributed by atoms with Crippen molar-refractivity contribution in [2.24, 2.45) is 23.5 Å². The van der Waals surface area contributed by atoms with Crippen LogP contribution in [0.3, 0.4) is 0 Å². The van der Waals surface area contributed by atoms with Crippen LogP contribution in [-0.2, 0) is 68.5 Å². The van der Waals surface area contributed by atoms with Gasteiger partial charge in [0.15, 0.2) is 6.04 Å². The summed E-state index contributed by atoms with van der Waals surface area (Å²) in [4.78, 5) is 126. The Morgan fingerprint density at radius 3 is 2.10 bits per heavy atom. The van der Waals surface area contributed by atoms with E-state index in [1.165, 1.54) is 46.0 Å². The summed E-state index contributed by atoms with van der Waals surface area (Å²) in [6.45, 7) is 14.5. The first kappa shape index (κ1) is 65.6. The zero-order valence-corrected chi connectivity index (χ0v) is 46.7. The van der Waals surface area contributed by atoms with Crippen molar-refractivity contribution in [3.8, 4) is 0 Å². The van der Waals surface area contributed by atoms with Gasteiger partial charge < -0.3 is 71.5 Å². The number of nitrogens with two attached hydrogens (primary N) is 1. The molecule has 7 amide bonds.